The van der Waals surface area contributed by atoms with Crippen molar-refractivity contribution in [2.75, 3.05) is 0 Å². The standard InChI is InChI=1S/C29H31ClO3S/c1-19(2)33-27(31)17-14-20-8-6-7-11-24(20)25-18-26(28(32)21-9-4-3-5-10-21)34-29(25)22-12-15-23(30)16-13-22/h6-8,11-13,15-16,18-19,21H,3-5,9-10,14,17H2,1-2H3. The molecule has 3 aromatic rings. The van der Waals surface area contributed by atoms with E-state index in [1.165, 1.54) is 6.42 Å². The molecule has 0 N–H and O–H groups in total. The van der Waals surface area contributed by atoms with Crippen LogP contribution in [0.2, 0.25) is 5.02 Å². The van der Waals surface area contributed by atoms with Crippen LogP contribution in [0.25, 0.3) is 21.6 Å². The van der Waals surface area contributed by atoms with Crippen molar-refractivity contribution in [2.24, 2.45) is 5.92 Å². The van der Waals surface area contributed by atoms with Gasteiger partial charge >= 0.3 is 5.97 Å². The Hall–Kier alpha value is -2.43. The summed E-state index contributed by atoms with van der Waals surface area (Å²) in [4.78, 5) is 27.5. The molecule has 4 rings (SSSR count). The fraction of sp³-hybridized carbons (Fsp3) is 0.379. The molecule has 0 amide bonds. The number of esters is 1. The molecular weight excluding hydrogens is 464 g/mol. The number of aryl methyl sites for hydroxylation is 1. The van der Waals surface area contributed by atoms with E-state index in [0.29, 0.717) is 17.9 Å². The minimum Gasteiger partial charge on any atom is -0.463 e. The van der Waals surface area contributed by atoms with Gasteiger partial charge in [0.1, 0.15) is 0 Å². The molecule has 5 heteroatoms. The third-order valence-corrected chi connectivity index (χ3v) is 7.78. The molecule has 2 aromatic carbocycles. The highest BCUT2D eigenvalue weighted by atomic mass is 35.5. The normalized spacial score (nSPS) is 14.4. The van der Waals surface area contributed by atoms with Crippen molar-refractivity contribution in [3.8, 4) is 21.6 Å². The predicted octanol–water partition coefficient (Wildman–Crippen LogP) is 8.38. The van der Waals surface area contributed by atoms with E-state index in [-0.39, 0.29) is 23.8 Å². The van der Waals surface area contributed by atoms with Gasteiger partial charge in [-0.25, -0.2) is 0 Å². The lowest BCUT2D eigenvalue weighted by Gasteiger charge is -2.19. The van der Waals surface area contributed by atoms with Crippen LogP contribution in [0, 0.1) is 5.92 Å². The Morgan fingerprint density at radius 3 is 2.41 bits per heavy atom. The first-order valence-electron chi connectivity index (χ1n) is 12.1. The Labute approximate surface area is 211 Å². The molecule has 3 nitrogen and oxygen atoms in total. The van der Waals surface area contributed by atoms with Crippen LogP contribution in [-0.2, 0) is 16.0 Å². The zero-order chi connectivity index (χ0) is 24.1. The fourth-order valence-corrected chi connectivity index (χ4v) is 5.98. The Morgan fingerprint density at radius 2 is 1.71 bits per heavy atom. The molecule has 0 unspecified atom stereocenters. The maximum Gasteiger partial charge on any atom is 0.306 e. The highest BCUT2D eigenvalue weighted by Crippen LogP contribution is 2.42. The highest BCUT2D eigenvalue weighted by molar-refractivity contribution is 7.18. The summed E-state index contributed by atoms with van der Waals surface area (Å²) in [5.41, 5.74) is 4.22. The highest BCUT2D eigenvalue weighted by Gasteiger charge is 2.26. The van der Waals surface area contributed by atoms with Crippen LogP contribution in [0.4, 0.5) is 0 Å². The summed E-state index contributed by atoms with van der Waals surface area (Å²) in [6, 6.07) is 18.0. The van der Waals surface area contributed by atoms with Gasteiger partial charge in [0, 0.05) is 27.8 Å². The van der Waals surface area contributed by atoms with E-state index in [4.69, 9.17) is 16.3 Å². The molecule has 0 aliphatic heterocycles. The Morgan fingerprint density at radius 1 is 1.00 bits per heavy atom. The molecule has 0 atom stereocenters. The third kappa shape index (κ3) is 5.97. The van der Waals surface area contributed by atoms with Gasteiger partial charge < -0.3 is 4.74 Å². The van der Waals surface area contributed by atoms with E-state index >= 15 is 0 Å². The summed E-state index contributed by atoms with van der Waals surface area (Å²) < 4.78 is 5.33. The third-order valence-electron chi connectivity index (χ3n) is 6.33. The molecule has 0 radical (unpaired) electrons. The van der Waals surface area contributed by atoms with Crippen molar-refractivity contribution in [2.45, 2.75) is 64.9 Å². The second-order valence-electron chi connectivity index (χ2n) is 9.26. The maximum absolute atomic E-state index is 13.4. The first-order chi connectivity index (χ1) is 16.4. The van der Waals surface area contributed by atoms with Crippen molar-refractivity contribution in [3.63, 3.8) is 0 Å². The van der Waals surface area contributed by atoms with E-state index in [0.717, 1.165) is 57.7 Å². The molecule has 0 bridgehead atoms. The first kappa shape index (κ1) is 24.7. The van der Waals surface area contributed by atoms with Gasteiger partial charge in [-0.05, 0) is 68.0 Å². The molecule has 34 heavy (non-hydrogen) atoms. The van der Waals surface area contributed by atoms with Crippen molar-refractivity contribution >= 4 is 34.7 Å². The molecule has 1 aliphatic carbocycles. The SMILES string of the molecule is CC(C)OC(=O)CCc1ccccc1-c1cc(C(=O)C2CCCCC2)sc1-c1ccc(Cl)cc1. The lowest BCUT2D eigenvalue weighted by Crippen LogP contribution is -2.16. The van der Waals surface area contributed by atoms with Crippen LogP contribution >= 0.6 is 22.9 Å². The summed E-state index contributed by atoms with van der Waals surface area (Å²) in [6.45, 7) is 3.72. The largest absolute Gasteiger partial charge is 0.463 e. The van der Waals surface area contributed by atoms with Crippen molar-refractivity contribution in [1.29, 1.82) is 0 Å². The lowest BCUT2D eigenvalue weighted by atomic mass is 9.85. The minimum atomic E-state index is -0.193. The van der Waals surface area contributed by atoms with E-state index in [2.05, 4.69) is 18.2 Å². The molecule has 1 fully saturated rings. The van der Waals surface area contributed by atoms with Gasteiger partial charge in [-0.1, -0.05) is 67.3 Å². The number of benzene rings is 2. The van der Waals surface area contributed by atoms with Crippen LogP contribution in [0.3, 0.4) is 0 Å². The maximum atomic E-state index is 13.4. The average Bonchev–Trinajstić information content (AvgIpc) is 3.28. The minimum absolute atomic E-state index is 0.121. The molecule has 0 spiro atoms. The summed E-state index contributed by atoms with van der Waals surface area (Å²) >= 11 is 7.72. The zero-order valence-electron chi connectivity index (χ0n) is 19.8. The number of hydrogen-bond acceptors (Lipinski definition) is 4. The molecule has 0 saturated heterocycles. The van der Waals surface area contributed by atoms with E-state index in [1.807, 2.05) is 50.2 Å². The Bertz CT molecular complexity index is 1140. The fourth-order valence-electron chi connectivity index (χ4n) is 4.65. The zero-order valence-corrected chi connectivity index (χ0v) is 21.4. The summed E-state index contributed by atoms with van der Waals surface area (Å²) in [6.07, 6.45) is 6.25. The molecule has 1 saturated carbocycles. The quantitative estimate of drug-likeness (QED) is 0.233. The van der Waals surface area contributed by atoms with Crippen LogP contribution < -0.4 is 0 Å². The Balaban J connectivity index is 1.71. The number of halogens is 1. The predicted molar refractivity (Wildman–Crippen MR) is 141 cm³/mol. The van der Waals surface area contributed by atoms with Gasteiger partial charge in [0.05, 0.1) is 11.0 Å². The summed E-state index contributed by atoms with van der Waals surface area (Å²) in [5.74, 6) is 0.199. The van der Waals surface area contributed by atoms with Gasteiger partial charge in [0.2, 0.25) is 0 Å². The van der Waals surface area contributed by atoms with Crippen LogP contribution in [0.1, 0.15) is 67.6 Å². The van der Waals surface area contributed by atoms with Crippen molar-refractivity contribution in [1.82, 2.24) is 0 Å². The number of Topliss-reactive ketones (excluding diaryl/α,β-unsaturated/α-hetero) is 1. The van der Waals surface area contributed by atoms with Crippen LogP contribution in [-0.4, -0.2) is 17.9 Å². The van der Waals surface area contributed by atoms with Gasteiger partial charge in [0.25, 0.3) is 0 Å². The number of hydrogen-bond donors (Lipinski definition) is 0. The topological polar surface area (TPSA) is 43.4 Å². The first-order valence-corrected chi connectivity index (χ1v) is 13.3. The smallest absolute Gasteiger partial charge is 0.306 e. The number of ether oxygens (including phenoxy) is 1. The average molecular weight is 495 g/mol. The molecule has 1 aromatic heterocycles. The molecule has 1 aliphatic rings. The number of rotatable bonds is 8. The van der Waals surface area contributed by atoms with Gasteiger partial charge in [-0.2, -0.15) is 0 Å². The van der Waals surface area contributed by atoms with Gasteiger partial charge in [0.15, 0.2) is 5.78 Å². The Kier molecular flexibility index (Phi) is 8.23. The number of carbonyl (C=O) groups is 2. The van der Waals surface area contributed by atoms with Crippen molar-refractivity contribution < 1.29 is 14.3 Å². The van der Waals surface area contributed by atoms with Crippen molar-refractivity contribution in [3.05, 3.63) is 70.1 Å². The second-order valence-corrected chi connectivity index (χ2v) is 10.7. The number of carbonyl (C=O) groups excluding carboxylic acids is 2. The van der Waals surface area contributed by atoms with E-state index in [1.54, 1.807) is 11.3 Å². The van der Waals surface area contributed by atoms with E-state index < -0.39 is 0 Å². The van der Waals surface area contributed by atoms with Crippen LogP contribution in [0.5, 0.6) is 0 Å². The molecule has 1 heterocycles. The van der Waals surface area contributed by atoms with Gasteiger partial charge in [-0.15, -0.1) is 11.3 Å². The molecule has 178 valence electrons. The van der Waals surface area contributed by atoms with E-state index in [9.17, 15) is 9.59 Å². The number of ketones is 1. The number of thiophene rings is 1. The monoisotopic (exact) mass is 494 g/mol. The summed E-state index contributed by atoms with van der Waals surface area (Å²) in [7, 11) is 0. The lowest BCUT2D eigenvalue weighted by molar-refractivity contribution is -0.147. The van der Waals surface area contributed by atoms with Crippen LogP contribution in [0.15, 0.2) is 54.6 Å². The summed E-state index contributed by atoms with van der Waals surface area (Å²) in [5, 5.41) is 0.685. The van der Waals surface area contributed by atoms with Gasteiger partial charge in [-0.3, -0.25) is 9.59 Å². The second kappa shape index (κ2) is 11.3. The molecular formula is C29H31ClO3S.